The maximum atomic E-state index is 13.6. The van der Waals surface area contributed by atoms with E-state index in [4.69, 9.17) is 0 Å². The molecule has 1 unspecified atom stereocenters. The van der Waals surface area contributed by atoms with Crippen molar-refractivity contribution in [2.45, 2.75) is 76.4 Å². The molecule has 1 saturated heterocycles. The predicted molar refractivity (Wildman–Crippen MR) is 120 cm³/mol. The van der Waals surface area contributed by atoms with E-state index in [1.165, 1.54) is 31.2 Å². The highest BCUT2D eigenvalue weighted by molar-refractivity contribution is 7.91. The van der Waals surface area contributed by atoms with Crippen LogP contribution >= 0.6 is 0 Å². The highest BCUT2D eigenvalue weighted by atomic mass is 32.2. The summed E-state index contributed by atoms with van der Waals surface area (Å²) in [5, 5.41) is 0. The van der Waals surface area contributed by atoms with Crippen LogP contribution in [0.2, 0.25) is 0 Å². The molecule has 166 valence electrons. The van der Waals surface area contributed by atoms with E-state index >= 15 is 0 Å². The van der Waals surface area contributed by atoms with Gasteiger partial charge in [-0.05, 0) is 43.6 Å². The average molecular weight is 433 g/mol. The normalized spacial score (nSPS) is 24.6. The first kappa shape index (κ1) is 21.8. The van der Waals surface area contributed by atoms with Crippen molar-refractivity contribution in [3.63, 3.8) is 0 Å². The topological polar surface area (TPSA) is 57.7 Å². The van der Waals surface area contributed by atoms with Crippen LogP contribution < -0.4 is 0 Å². The predicted octanol–water partition coefficient (Wildman–Crippen LogP) is 3.64. The molecule has 4 rings (SSSR count). The highest BCUT2D eigenvalue weighted by Gasteiger charge is 2.39. The van der Waals surface area contributed by atoms with Crippen LogP contribution in [0.15, 0.2) is 30.3 Å². The fourth-order valence-corrected chi connectivity index (χ4v) is 7.11. The van der Waals surface area contributed by atoms with Gasteiger partial charge in [-0.15, -0.1) is 0 Å². The lowest BCUT2D eigenvalue weighted by Crippen LogP contribution is -2.52. The summed E-state index contributed by atoms with van der Waals surface area (Å²) in [6.45, 7) is 2.14. The van der Waals surface area contributed by atoms with E-state index in [1.54, 1.807) is 0 Å². The summed E-state index contributed by atoms with van der Waals surface area (Å²) in [7, 11) is -3.01. The van der Waals surface area contributed by atoms with Gasteiger partial charge in [0.25, 0.3) is 0 Å². The Morgan fingerprint density at radius 2 is 1.63 bits per heavy atom. The summed E-state index contributed by atoms with van der Waals surface area (Å²) in [6.07, 6.45) is 9.96. The van der Waals surface area contributed by atoms with Crippen LogP contribution in [-0.4, -0.2) is 60.8 Å². The van der Waals surface area contributed by atoms with E-state index in [0.717, 1.165) is 38.8 Å². The van der Waals surface area contributed by atoms with Crippen molar-refractivity contribution >= 4 is 15.7 Å². The summed E-state index contributed by atoms with van der Waals surface area (Å²) >= 11 is 0. The molecule has 0 N–H and O–H groups in total. The van der Waals surface area contributed by atoms with Crippen molar-refractivity contribution in [2.24, 2.45) is 5.92 Å². The molecular weight excluding hydrogens is 396 g/mol. The number of hydrogen-bond donors (Lipinski definition) is 0. The quantitative estimate of drug-likeness (QED) is 0.629. The summed E-state index contributed by atoms with van der Waals surface area (Å²) in [5.41, 5.74) is 1.23. The Morgan fingerprint density at radius 1 is 0.900 bits per heavy atom. The molecular formula is C24H36N2O3S. The second kappa shape index (κ2) is 9.82. The number of amides is 1. The Hall–Kier alpha value is -1.40. The Bertz CT molecular complexity index is 801. The van der Waals surface area contributed by atoms with Gasteiger partial charge in [-0.3, -0.25) is 9.69 Å². The molecule has 2 saturated carbocycles. The zero-order valence-electron chi connectivity index (χ0n) is 18.0. The van der Waals surface area contributed by atoms with Crippen molar-refractivity contribution in [1.82, 2.24) is 9.80 Å². The summed E-state index contributed by atoms with van der Waals surface area (Å²) < 4.78 is 24.3. The van der Waals surface area contributed by atoms with Crippen LogP contribution in [0.25, 0.3) is 0 Å². The second-order valence-electron chi connectivity index (χ2n) is 9.60. The molecule has 30 heavy (non-hydrogen) atoms. The van der Waals surface area contributed by atoms with E-state index in [2.05, 4.69) is 29.2 Å². The molecule has 2 aliphatic carbocycles. The number of sulfone groups is 1. The molecule has 3 aliphatic rings. The summed E-state index contributed by atoms with van der Waals surface area (Å²) in [6, 6.07) is 10.5. The second-order valence-corrected chi connectivity index (χ2v) is 11.8. The highest BCUT2D eigenvalue weighted by Crippen LogP contribution is 2.30. The first-order valence-corrected chi connectivity index (χ1v) is 13.6. The molecule has 6 heteroatoms. The van der Waals surface area contributed by atoms with Crippen LogP contribution in [-0.2, 0) is 21.2 Å². The summed E-state index contributed by atoms with van der Waals surface area (Å²) in [5.74, 6) is 1.20. The Morgan fingerprint density at radius 3 is 2.23 bits per heavy atom. The standard InChI is InChI=1S/C24H36N2O3S/c27-24(18-25(17-21-10-7-11-21)16-20-8-3-1-4-9-20)26(22-12-5-2-6-13-22)23-14-15-30(28,29)19-23/h1,3-4,8-9,21-23H,2,5-7,10-19H2. The molecule has 0 bridgehead atoms. The first-order chi connectivity index (χ1) is 14.5. The maximum Gasteiger partial charge on any atom is 0.237 e. The van der Waals surface area contributed by atoms with Crippen LogP contribution in [0.4, 0.5) is 0 Å². The van der Waals surface area contributed by atoms with Crippen LogP contribution in [0.1, 0.15) is 63.4 Å². The number of nitrogens with zero attached hydrogens (tertiary/aromatic N) is 2. The lowest BCUT2D eigenvalue weighted by atomic mass is 9.85. The van der Waals surface area contributed by atoms with E-state index in [0.29, 0.717) is 18.9 Å². The van der Waals surface area contributed by atoms with Crippen LogP contribution in [0.3, 0.4) is 0 Å². The van der Waals surface area contributed by atoms with Gasteiger partial charge in [0.05, 0.1) is 18.1 Å². The van der Waals surface area contributed by atoms with E-state index in [-0.39, 0.29) is 29.5 Å². The molecule has 0 radical (unpaired) electrons. The molecule has 1 heterocycles. The van der Waals surface area contributed by atoms with E-state index in [1.807, 2.05) is 11.0 Å². The van der Waals surface area contributed by atoms with Gasteiger partial charge in [-0.2, -0.15) is 0 Å². The molecule has 1 aliphatic heterocycles. The monoisotopic (exact) mass is 432 g/mol. The third kappa shape index (κ3) is 5.64. The van der Waals surface area contributed by atoms with E-state index < -0.39 is 9.84 Å². The van der Waals surface area contributed by atoms with E-state index in [9.17, 15) is 13.2 Å². The average Bonchev–Trinajstić information content (AvgIpc) is 3.05. The molecule has 1 aromatic carbocycles. The fraction of sp³-hybridized carbons (Fsp3) is 0.708. The van der Waals surface area contributed by atoms with Gasteiger partial charge in [0.2, 0.25) is 5.91 Å². The van der Waals surface area contributed by atoms with Gasteiger partial charge in [0, 0.05) is 25.2 Å². The van der Waals surface area contributed by atoms with Gasteiger partial charge in [0.1, 0.15) is 0 Å². The minimum absolute atomic E-state index is 0.132. The van der Waals surface area contributed by atoms with Crippen molar-refractivity contribution < 1.29 is 13.2 Å². The number of benzene rings is 1. The molecule has 5 nitrogen and oxygen atoms in total. The molecule has 1 aromatic rings. The minimum Gasteiger partial charge on any atom is -0.335 e. The van der Waals surface area contributed by atoms with Gasteiger partial charge in [-0.25, -0.2) is 8.42 Å². The van der Waals surface area contributed by atoms with Crippen LogP contribution in [0.5, 0.6) is 0 Å². The zero-order chi connectivity index (χ0) is 21.0. The van der Waals surface area contributed by atoms with Gasteiger partial charge in [0.15, 0.2) is 9.84 Å². The third-order valence-corrected chi connectivity index (χ3v) is 8.96. The van der Waals surface area contributed by atoms with Crippen molar-refractivity contribution in [3.05, 3.63) is 35.9 Å². The Kier molecular flexibility index (Phi) is 7.14. The fourth-order valence-electron chi connectivity index (χ4n) is 5.40. The van der Waals surface area contributed by atoms with Gasteiger partial charge < -0.3 is 4.90 Å². The zero-order valence-corrected chi connectivity index (χ0v) is 18.9. The smallest absolute Gasteiger partial charge is 0.237 e. The first-order valence-electron chi connectivity index (χ1n) is 11.8. The Labute approximate surface area is 181 Å². The number of carbonyl (C=O) groups excluding carboxylic acids is 1. The van der Waals surface area contributed by atoms with Gasteiger partial charge >= 0.3 is 0 Å². The van der Waals surface area contributed by atoms with Crippen LogP contribution in [0, 0.1) is 5.92 Å². The lowest BCUT2D eigenvalue weighted by Gasteiger charge is -2.40. The van der Waals surface area contributed by atoms with Gasteiger partial charge in [-0.1, -0.05) is 56.0 Å². The summed E-state index contributed by atoms with van der Waals surface area (Å²) in [4.78, 5) is 17.9. The molecule has 0 spiro atoms. The number of rotatable bonds is 8. The molecule has 3 fully saturated rings. The SMILES string of the molecule is O=C(CN(Cc1ccccc1)CC1CCC1)N(C1CCCCC1)C1CCS(=O)(=O)C1. The lowest BCUT2D eigenvalue weighted by molar-refractivity contribution is -0.138. The minimum atomic E-state index is -3.01. The largest absolute Gasteiger partial charge is 0.335 e. The van der Waals surface area contributed by atoms with Crippen molar-refractivity contribution in [2.75, 3.05) is 24.6 Å². The third-order valence-electron chi connectivity index (χ3n) is 7.21. The number of carbonyl (C=O) groups is 1. The maximum absolute atomic E-state index is 13.6. The molecule has 1 amide bonds. The van der Waals surface area contributed by atoms with Crippen molar-refractivity contribution in [1.29, 1.82) is 0 Å². The Balaban J connectivity index is 1.48. The number of hydrogen-bond acceptors (Lipinski definition) is 4. The van der Waals surface area contributed by atoms with Crippen molar-refractivity contribution in [3.8, 4) is 0 Å². The molecule has 1 atom stereocenters. The molecule has 0 aromatic heterocycles.